The van der Waals surface area contributed by atoms with Gasteiger partial charge >= 0.3 is 0 Å². The molecule has 0 saturated heterocycles. The second-order valence-electron chi connectivity index (χ2n) is 8.91. The summed E-state index contributed by atoms with van der Waals surface area (Å²) >= 11 is 1.30. The molecule has 0 spiro atoms. The highest BCUT2D eigenvalue weighted by atomic mass is 32.2. The number of para-hydroxylation sites is 1. The Labute approximate surface area is 209 Å². The van der Waals surface area contributed by atoms with Gasteiger partial charge in [-0.05, 0) is 72.7 Å². The highest BCUT2D eigenvalue weighted by molar-refractivity contribution is 7.99. The standard InChI is InChI=1S/C29H29N3O2S/c1-3-4-8-24-26(32-17-15-21-7-5-6-9-25(21)32)27(33)28(29(34)31-24)35-22-12-10-20(11-13-22)23-14-16-30-18-19(23)2/h5-7,9-14,16,18H,3-4,8,15,17H2,1-2H3,(H2,31,33,34). The molecule has 4 aromatic rings. The third-order valence-electron chi connectivity index (χ3n) is 6.54. The molecular formula is C29H29N3O2S. The molecule has 2 N–H and O–H groups in total. The maximum absolute atomic E-state index is 13.1. The van der Waals surface area contributed by atoms with E-state index < -0.39 is 0 Å². The number of fused-ring (bicyclic) bond motifs is 1. The largest absolute Gasteiger partial charge is 0.504 e. The number of nitrogens with zero attached hydrogens (tertiary/aromatic N) is 2. The smallest absolute Gasteiger partial charge is 0.266 e. The molecule has 0 bridgehead atoms. The molecule has 2 aromatic heterocycles. The summed E-state index contributed by atoms with van der Waals surface area (Å²) < 4.78 is 0. The van der Waals surface area contributed by atoms with Crippen LogP contribution in [0.25, 0.3) is 11.1 Å². The first-order valence-corrected chi connectivity index (χ1v) is 12.9. The Morgan fingerprint density at radius 3 is 2.69 bits per heavy atom. The molecule has 6 heteroatoms. The third kappa shape index (κ3) is 4.58. The number of aromatic amines is 1. The van der Waals surface area contributed by atoms with Crippen LogP contribution in [0.15, 0.2) is 81.6 Å². The van der Waals surface area contributed by atoms with Crippen molar-refractivity contribution in [3.05, 3.63) is 94.2 Å². The number of unbranched alkanes of at least 4 members (excludes halogenated alkanes) is 1. The zero-order valence-electron chi connectivity index (χ0n) is 20.0. The van der Waals surface area contributed by atoms with Crippen molar-refractivity contribution in [1.29, 1.82) is 0 Å². The number of nitrogens with one attached hydrogen (secondary N) is 1. The number of pyridine rings is 2. The summed E-state index contributed by atoms with van der Waals surface area (Å²) in [6.45, 7) is 4.95. The summed E-state index contributed by atoms with van der Waals surface area (Å²) in [4.78, 5) is 23.8. The van der Waals surface area contributed by atoms with Crippen LogP contribution in [-0.4, -0.2) is 21.6 Å². The van der Waals surface area contributed by atoms with Crippen LogP contribution >= 0.6 is 11.8 Å². The van der Waals surface area contributed by atoms with E-state index in [2.05, 4.69) is 33.9 Å². The van der Waals surface area contributed by atoms with Crippen LogP contribution in [0.5, 0.6) is 5.75 Å². The highest BCUT2D eigenvalue weighted by Crippen LogP contribution is 2.45. The molecule has 0 atom stereocenters. The van der Waals surface area contributed by atoms with E-state index in [1.165, 1.54) is 17.3 Å². The van der Waals surface area contributed by atoms with Crippen molar-refractivity contribution in [2.75, 3.05) is 11.4 Å². The lowest BCUT2D eigenvalue weighted by Gasteiger charge is -2.25. The van der Waals surface area contributed by atoms with E-state index in [0.717, 1.165) is 70.9 Å². The number of benzene rings is 2. The molecule has 5 rings (SSSR count). The van der Waals surface area contributed by atoms with E-state index in [0.29, 0.717) is 4.90 Å². The normalized spacial score (nSPS) is 12.7. The van der Waals surface area contributed by atoms with Crippen molar-refractivity contribution in [3.63, 3.8) is 0 Å². The molecule has 3 heterocycles. The molecule has 1 aliphatic heterocycles. The van der Waals surface area contributed by atoms with Crippen LogP contribution in [-0.2, 0) is 12.8 Å². The number of anilines is 2. The van der Waals surface area contributed by atoms with E-state index in [1.54, 1.807) is 6.20 Å². The minimum Gasteiger partial charge on any atom is -0.504 e. The Bertz CT molecular complexity index is 1410. The molecular weight excluding hydrogens is 454 g/mol. The molecule has 0 amide bonds. The van der Waals surface area contributed by atoms with Gasteiger partial charge in [-0.1, -0.05) is 55.4 Å². The zero-order chi connectivity index (χ0) is 24.4. The Morgan fingerprint density at radius 2 is 1.91 bits per heavy atom. The summed E-state index contributed by atoms with van der Waals surface area (Å²) in [6, 6.07) is 18.4. The summed E-state index contributed by atoms with van der Waals surface area (Å²) in [5, 5.41) is 11.5. The van der Waals surface area contributed by atoms with Crippen LogP contribution < -0.4 is 10.5 Å². The number of aromatic nitrogens is 2. The summed E-state index contributed by atoms with van der Waals surface area (Å²) in [5.41, 5.74) is 6.98. The fraction of sp³-hybridized carbons (Fsp3) is 0.241. The highest BCUT2D eigenvalue weighted by Gasteiger charge is 2.28. The predicted octanol–water partition coefficient (Wildman–Crippen LogP) is 6.64. The maximum atomic E-state index is 13.1. The first-order valence-electron chi connectivity index (χ1n) is 12.1. The SMILES string of the molecule is CCCCc1[nH]c(=O)c(Sc2ccc(-c3ccncc3C)cc2)c(O)c1N1CCc2ccccc21. The molecule has 35 heavy (non-hydrogen) atoms. The van der Waals surface area contributed by atoms with Crippen molar-refractivity contribution >= 4 is 23.1 Å². The van der Waals surface area contributed by atoms with Gasteiger partial charge in [-0.2, -0.15) is 0 Å². The Morgan fingerprint density at radius 1 is 1.11 bits per heavy atom. The van der Waals surface area contributed by atoms with Crippen molar-refractivity contribution in [3.8, 4) is 16.9 Å². The number of hydrogen-bond donors (Lipinski definition) is 2. The lowest BCUT2D eigenvalue weighted by atomic mass is 10.0. The lowest BCUT2D eigenvalue weighted by molar-refractivity contribution is 0.458. The molecule has 0 fully saturated rings. The summed E-state index contributed by atoms with van der Waals surface area (Å²) in [6.07, 6.45) is 7.24. The second-order valence-corrected chi connectivity index (χ2v) is 9.99. The van der Waals surface area contributed by atoms with Gasteiger partial charge in [0, 0.05) is 35.2 Å². The molecule has 5 nitrogen and oxygen atoms in total. The average Bonchev–Trinajstić information content (AvgIpc) is 3.30. The van der Waals surface area contributed by atoms with E-state index >= 15 is 0 Å². The van der Waals surface area contributed by atoms with Gasteiger partial charge in [0.25, 0.3) is 5.56 Å². The number of hydrogen-bond acceptors (Lipinski definition) is 5. The van der Waals surface area contributed by atoms with E-state index in [-0.39, 0.29) is 11.3 Å². The van der Waals surface area contributed by atoms with E-state index in [1.807, 2.05) is 55.6 Å². The quantitative estimate of drug-likeness (QED) is 0.308. The minimum absolute atomic E-state index is 0.0654. The number of rotatable bonds is 7. The average molecular weight is 484 g/mol. The fourth-order valence-electron chi connectivity index (χ4n) is 4.72. The van der Waals surface area contributed by atoms with Crippen LogP contribution in [0.3, 0.4) is 0 Å². The van der Waals surface area contributed by atoms with Gasteiger partial charge in [0.15, 0.2) is 5.75 Å². The van der Waals surface area contributed by atoms with Crippen LogP contribution in [0, 0.1) is 6.92 Å². The third-order valence-corrected chi connectivity index (χ3v) is 7.63. The van der Waals surface area contributed by atoms with Crippen molar-refractivity contribution in [1.82, 2.24) is 9.97 Å². The first kappa shape index (κ1) is 23.2. The molecule has 0 aliphatic carbocycles. The van der Waals surface area contributed by atoms with Crippen molar-refractivity contribution in [2.24, 2.45) is 0 Å². The van der Waals surface area contributed by atoms with Crippen LogP contribution in [0.2, 0.25) is 0 Å². The number of aryl methyl sites for hydroxylation is 2. The van der Waals surface area contributed by atoms with Gasteiger partial charge < -0.3 is 15.0 Å². The van der Waals surface area contributed by atoms with Gasteiger partial charge in [0.05, 0.1) is 0 Å². The molecule has 2 aromatic carbocycles. The van der Waals surface area contributed by atoms with Gasteiger partial charge in [-0.25, -0.2) is 0 Å². The second kappa shape index (κ2) is 10.0. The molecule has 0 saturated carbocycles. The van der Waals surface area contributed by atoms with Crippen molar-refractivity contribution < 1.29 is 5.11 Å². The fourth-order valence-corrected chi connectivity index (χ4v) is 5.56. The zero-order valence-corrected chi connectivity index (χ0v) is 20.9. The topological polar surface area (TPSA) is 69.2 Å². The Hall–Kier alpha value is -3.51. The molecule has 178 valence electrons. The predicted molar refractivity (Wildman–Crippen MR) is 143 cm³/mol. The van der Waals surface area contributed by atoms with Crippen molar-refractivity contribution in [2.45, 2.75) is 49.3 Å². The monoisotopic (exact) mass is 483 g/mol. The maximum Gasteiger partial charge on any atom is 0.266 e. The van der Waals surface area contributed by atoms with E-state index in [9.17, 15) is 9.90 Å². The molecule has 0 radical (unpaired) electrons. The summed E-state index contributed by atoms with van der Waals surface area (Å²) in [5.74, 6) is 0.0654. The Kier molecular flexibility index (Phi) is 6.64. The first-order chi connectivity index (χ1) is 17.1. The number of H-pyrrole nitrogens is 1. The van der Waals surface area contributed by atoms with Gasteiger partial charge in [0.1, 0.15) is 10.6 Å². The summed E-state index contributed by atoms with van der Waals surface area (Å²) in [7, 11) is 0. The van der Waals surface area contributed by atoms with Gasteiger partial charge in [0.2, 0.25) is 0 Å². The minimum atomic E-state index is -0.246. The van der Waals surface area contributed by atoms with Crippen LogP contribution in [0.4, 0.5) is 11.4 Å². The molecule has 0 unspecified atom stereocenters. The Balaban J connectivity index is 1.52. The van der Waals surface area contributed by atoms with E-state index in [4.69, 9.17) is 0 Å². The number of aromatic hydroxyl groups is 1. The van der Waals surface area contributed by atoms with Gasteiger partial charge in [-0.3, -0.25) is 9.78 Å². The lowest BCUT2D eigenvalue weighted by Crippen LogP contribution is -2.21. The van der Waals surface area contributed by atoms with Gasteiger partial charge in [-0.15, -0.1) is 0 Å². The van der Waals surface area contributed by atoms with Crippen LogP contribution in [0.1, 0.15) is 36.6 Å². The molecule has 1 aliphatic rings.